The number of carboxylic acid groups (broad SMARTS) is 1. The van der Waals surface area contributed by atoms with Crippen molar-refractivity contribution in [2.45, 2.75) is 57.7 Å². The van der Waals surface area contributed by atoms with Gasteiger partial charge in [0.15, 0.2) is 0 Å². The van der Waals surface area contributed by atoms with E-state index >= 15 is 0 Å². The maximum atomic E-state index is 11.9. The summed E-state index contributed by atoms with van der Waals surface area (Å²) >= 11 is 0. The fourth-order valence-corrected chi connectivity index (χ4v) is 2.10. The molecular formula is C14H21N3O4. The van der Waals surface area contributed by atoms with Gasteiger partial charge in [0.25, 0.3) is 0 Å². The Labute approximate surface area is 123 Å². The van der Waals surface area contributed by atoms with Gasteiger partial charge in [0, 0.05) is 6.04 Å². The van der Waals surface area contributed by atoms with Crippen LogP contribution in [0.15, 0.2) is 12.5 Å². The first kappa shape index (κ1) is 15.3. The second kappa shape index (κ2) is 5.75. The minimum atomic E-state index is -0.986. The third kappa shape index (κ3) is 4.47. The molecule has 1 atom stereocenters. The lowest BCUT2D eigenvalue weighted by atomic mass is 10.1. The van der Waals surface area contributed by atoms with Crippen LogP contribution >= 0.6 is 0 Å². The zero-order valence-corrected chi connectivity index (χ0v) is 12.5. The Morgan fingerprint density at radius 3 is 2.71 bits per heavy atom. The molecule has 1 saturated carbocycles. The monoisotopic (exact) mass is 295 g/mol. The molecule has 0 radical (unpaired) electrons. The summed E-state index contributed by atoms with van der Waals surface area (Å²) in [4.78, 5) is 27.0. The fourth-order valence-electron chi connectivity index (χ4n) is 2.10. The molecule has 0 aromatic carbocycles. The van der Waals surface area contributed by atoms with E-state index in [1.807, 2.05) is 4.57 Å². The van der Waals surface area contributed by atoms with Crippen molar-refractivity contribution < 1.29 is 19.4 Å². The maximum absolute atomic E-state index is 11.9. The zero-order valence-electron chi connectivity index (χ0n) is 12.5. The zero-order chi connectivity index (χ0) is 15.6. The number of hydrogen-bond acceptors (Lipinski definition) is 4. The summed E-state index contributed by atoms with van der Waals surface area (Å²) in [5.74, 6) is -0.986. The molecule has 0 spiro atoms. The molecule has 0 aliphatic heterocycles. The lowest BCUT2D eigenvalue weighted by Gasteiger charge is -2.23. The van der Waals surface area contributed by atoms with Crippen LogP contribution in [0.25, 0.3) is 0 Å². The van der Waals surface area contributed by atoms with Gasteiger partial charge in [-0.15, -0.1) is 0 Å². The number of rotatable bonds is 5. The van der Waals surface area contributed by atoms with Gasteiger partial charge in [-0.3, -0.25) is 4.79 Å². The van der Waals surface area contributed by atoms with E-state index in [4.69, 9.17) is 9.84 Å². The summed E-state index contributed by atoms with van der Waals surface area (Å²) < 4.78 is 7.13. The average Bonchev–Trinajstić information content (AvgIpc) is 3.03. The first-order chi connectivity index (χ1) is 9.76. The van der Waals surface area contributed by atoms with Gasteiger partial charge in [-0.1, -0.05) is 0 Å². The van der Waals surface area contributed by atoms with Gasteiger partial charge < -0.3 is 19.7 Å². The van der Waals surface area contributed by atoms with Crippen molar-refractivity contribution in [1.29, 1.82) is 0 Å². The Balaban J connectivity index is 2.12. The molecule has 2 N–H and O–H groups in total. The minimum Gasteiger partial charge on any atom is -0.481 e. The topological polar surface area (TPSA) is 93.4 Å². The number of aromatic nitrogens is 2. The number of carbonyl (C=O) groups is 2. The predicted octanol–water partition coefficient (Wildman–Crippen LogP) is 2.26. The van der Waals surface area contributed by atoms with Gasteiger partial charge in [-0.25, -0.2) is 9.78 Å². The van der Waals surface area contributed by atoms with E-state index in [1.165, 1.54) is 0 Å². The largest absolute Gasteiger partial charge is 0.481 e. The summed E-state index contributed by atoms with van der Waals surface area (Å²) in [7, 11) is 0. The third-order valence-corrected chi connectivity index (χ3v) is 3.06. The maximum Gasteiger partial charge on any atom is 0.408 e. The number of hydrogen-bond donors (Lipinski definition) is 2. The van der Waals surface area contributed by atoms with Crippen LogP contribution in [-0.4, -0.2) is 32.3 Å². The average molecular weight is 295 g/mol. The van der Waals surface area contributed by atoms with Gasteiger partial charge in [-0.2, -0.15) is 0 Å². The lowest BCUT2D eigenvalue weighted by Crippen LogP contribution is -2.36. The highest BCUT2D eigenvalue weighted by Gasteiger charge is 2.30. The highest BCUT2D eigenvalue weighted by Crippen LogP contribution is 2.37. The number of alkyl carbamates (subject to hydrolysis) is 1. The number of nitrogens with zero attached hydrogens (tertiary/aromatic N) is 2. The molecule has 21 heavy (non-hydrogen) atoms. The van der Waals surface area contributed by atoms with E-state index in [9.17, 15) is 9.59 Å². The Kier molecular flexibility index (Phi) is 4.20. The molecule has 1 aromatic heterocycles. The summed E-state index contributed by atoms with van der Waals surface area (Å²) in [6, 6.07) is -0.292. The highest BCUT2D eigenvalue weighted by atomic mass is 16.6. The van der Waals surface area contributed by atoms with Crippen LogP contribution in [0, 0.1) is 0 Å². The molecule has 0 saturated heterocycles. The van der Waals surface area contributed by atoms with Crippen molar-refractivity contribution >= 4 is 12.1 Å². The molecule has 1 amide bonds. The summed E-state index contributed by atoms with van der Waals surface area (Å²) in [5, 5.41) is 11.7. The van der Waals surface area contributed by atoms with Crippen molar-refractivity contribution in [3.05, 3.63) is 18.2 Å². The molecule has 7 nitrogen and oxygen atoms in total. The number of carbonyl (C=O) groups excluding carboxylic acids is 1. The Hall–Kier alpha value is -2.05. The van der Waals surface area contributed by atoms with Crippen LogP contribution in [-0.2, 0) is 9.53 Å². The summed E-state index contributed by atoms with van der Waals surface area (Å²) in [6.45, 7) is 5.27. The van der Waals surface area contributed by atoms with Crippen LogP contribution < -0.4 is 5.32 Å². The van der Waals surface area contributed by atoms with Crippen molar-refractivity contribution in [3.8, 4) is 0 Å². The van der Waals surface area contributed by atoms with Crippen LogP contribution in [0.3, 0.4) is 0 Å². The van der Waals surface area contributed by atoms with Crippen molar-refractivity contribution in [2.75, 3.05) is 0 Å². The third-order valence-electron chi connectivity index (χ3n) is 3.06. The number of nitrogens with one attached hydrogen (secondary N) is 1. The molecular weight excluding hydrogens is 274 g/mol. The van der Waals surface area contributed by atoms with Gasteiger partial charge in [-0.05, 0) is 33.6 Å². The van der Waals surface area contributed by atoms with Gasteiger partial charge >= 0.3 is 12.1 Å². The molecule has 116 valence electrons. The minimum absolute atomic E-state index is 0.211. The Morgan fingerprint density at radius 1 is 1.52 bits per heavy atom. The molecule has 0 unspecified atom stereocenters. The first-order valence-corrected chi connectivity index (χ1v) is 6.99. The summed E-state index contributed by atoms with van der Waals surface area (Å²) in [6.07, 6.45) is 4.54. The number of imidazole rings is 1. The van der Waals surface area contributed by atoms with E-state index in [-0.39, 0.29) is 6.42 Å². The number of aliphatic carboxylic acids is 1. The number of carboxylic acids is 1. The molecule has 1 heterocycles. The van der Waals surface area contributed by atoms with E-state index in [0.29, 0.717) is 11.7 Å². The van der Waals surface area contributed by atoms with Crippen molar-refractivity contribution in [1.82, 2.24) is 14.9 Å². The molecule has 1 aromatic rings. The van der Waals surface area contributed by atoms with Crippen LogP contribution in [0.1, 0.15) is 57.8 Å². The second-order valence-electron chi connectivity index (χ2n) is 6.25. The highest BCUT2D eigenvalue weighted by molar-refractivity contribution is 5.72. The quantitative estimate of drug-likeness (QED) is 0.869. The number of ether oxygens (including phenoxy) is 1. The normalized spacial score (nSPS) is 16.3. The molecule has 1 aliphatic rings. The van der Waals surface area contributed by atoms with Crippen LogP contribution in [0.2, 0.25) is 0 Å². The lowest BCUT2D eigenvalue weighted by molar-refractivity contribution is -0.137. The molecule has 7 heteroatoms. The SMILES string of the molecule is CC(C)(C)OC(=O)N[C@@H](CC(=O)O)c1cncn1C1CC1. The molecule has 2 rings (SSSR count). The van der Waals surface area contributed by atoms with Crippen LogP contribution in [0.4, 0.5) is 4.79 Å². The molecule has 0 bridgehead atoms. The number of amides is 1. The van der Waals surface area contributed by atoms with Gasteiger partial charge in [0.2, 0.25) is 0 Å². The van der Waals surface area contributed by atoms with Gasteiger partial charge in [0.1, 0.15) is 5.60 Å². The molecule has 1 fully saturated rings. The first-order valence-electron chi connectivity index (χ1n) is 6.99. The Bertz CT molecular complexity index is 529. The van der Waals surface area contributed by atoms with Crippen LogP contribution in [0.5, 0.6) is 0 Å². The molecule has 1 aliphatic carbocycles. The van der Waals surface area contributed by atoms with E-state index in [2.05, 4.69) is 10.3 Å². The van der Waals surface area contributed by atoms with E-state index in [1.54, 1.807) is 33.3 Å². The summed E-state index contributed by atoms with van der Waals surface area (Å²) in [5.41, 5.74) is 0.0694. The van der Waals surface area contributed by atoms with Crippen molar-refractivity contribution in [3.63, 3.8) is 0 Å². The smallest absolute Gasteiger partial charge is 0.408 e. The predicted molar refractivity (Wildman–Crippen MR) is 74.9 cm³/mol. The van der Waals surface area contributed by atoms with Gasteiger partial charge in [0.05, 0.1) is 30.7 Å². The van der Waals surface area contributed by atoms with Crippen molar-refractivity contribution in [2.24, 2.45) is 0 Å². The van der Waals surface area contributed by atoms with E-state index < -0.39 is 23.7 Å². The fraction of sp³-hybridized carbons (Fsp3) is 0.643. The Morgan fingerprint density at radius 2 is 2.19 bits per heavy atom. The van der Waals surface area contributed by atoms with E-state index in [0.717, 1.165) is 12.8 Å². The standard InChI is InChI=1S/C14H21N3O4/c1-14(2,3)21-13(20)16-10(6-12(18)19)11-7-15-8-17(11)9-4-5-9/h7-10H,4-6H2,1-3H3,(H,16,20)(H,18,19)/t10-/m0/s1. The second-order valence-corrected chi connectivity index (χ2v) is 6.25.